The highest BCUT2D eigenvalue weighted by Gasteiger charge is 2.42. The van der Waals surface area contributed by atoms with Crippen LogP contribution >= 0.6 is 0 Å². The highest BCUT2D eigenvalue weighted by Crippen LogP contribution is 2.44. The molecule has 218 valence electrons. The van der Waals surface area contributed by atoms with Crippen LogP contribution in [0.25, 0.3) is 11.2 Å². The molecule has 1 N–H and O–H groups in total. The molecule has 2 aromatic heterocycles. The average molecular weight is 567 g/mol. The minimum atomic E-state index is -4.60. The van der Waals surface area contributed by atoms with Gasteiger partial charge in [0.2, 0.25) is 0 Å². The molecule has 1 aromatic carbocycles. The van der Waals surface area contributed by atoms with Crippen molar-refractivity contribution >= 4 is 5.52 Å². The number of piperidine rings is 1. The van der Waals surface area contributed by atoms with Crippen LogP contribution in [0.15, 0.2) is 47.5 Å². The number of benzene rings is 1. The number of rotatable bonds is 6. The SMILES string of the molecule is C[C@H]1CCCN(Cc2cc(C(F)(F)F)c3cn(-c4cccc([C@@H](C5CCC5)C5NN(C)CC5C#N)c4)c(=O)n3c2)C1. The van der Waals surface area contributed by atoms with Gasteiger partial charge in [-0.2, -0.15) is 18.4 Å². The van der Waals surface area contributed by atoms with Crippen LogP contribution in [0.3, 0.4) is 0 Å². The second kappa shape index (κ2) is 10.9. The maximum absolute atomic E-state index is 14.3. The Hall–Kier alpha value is -3.13. The van der Waals surface area contributed by atoms with Gasteiger partial charge in [-0.1, -0.05) is 25.5 Å². The fourth-order valence-electron chi connectivity index (χ4n) is 7.14. The number of fused-ring (bicyclic) bond motifs is 1. The van der Waals surface area contributed by atoms with Crippen molar-refractivity contribution in [1.82, 2.24) is 24.3 Å². The first-order chi connectivity index (χ1) is 19.6. The number of imidazole rings is 1. The minimum Gasteiger partial charge on any atom is -0.299 e. The second-order valence-electron chi connectivity index (χ2n) is 12.4. The van der Waals surface area contributed by atoms with Crippen LogP contribution in [0.2, 0.25) is 0 Å². The van der Waals surface area contributed by atoms with Crippen molar-refractivity contribution in [2.24, 2.45) is 17.8 Å². The van der Waals surface area contributed by atoms with Gasteiger partial charge in [0.05, 0.1) is 28.8 Å². The Kier molecular flexibility index (Phi) is 7.47. The van der Waals surface area contributed by atoms with Crippen molar-refractivity contribution in [2.45, 2.75) is 63.7 Å². The van der Waals surface area contributed by atoms with Crippen molar-refractivity contribution in [3.63, 3.8) is 0 Å². The van der Waals surface area contributed by atoms with Crippen molar-refractivity contribution < 1.29 is 13.2 Å². The van der Waals surface area contributed by atoms with Crippen LogP contribution in [0, 0.1) is 29.1 Å². The van der Waals surface area contributed by atoms with E-state index in [-0.39, 0.29) is 23.4 Å². The smallest absolute Gasteiger partial charge is 0.299 e. The van der Waals surface area contributed by atoms with Crippen LogP contribution in [0.5, 0.6) is 0 Å². The van der Waals surface area contributed by atoms with Crippen LogP contribution in [0.1, 0.15) is 61.6 Å². The number of hydrogen-bond donors (Lipinski definition) is 1. The Morgan fingerprint density at radius 1 is 1.12 bits per heavy atom. The molecule has 0 radical (unpaired) electrons. The third-order valence-corrected chi connectivity index (χ3v) is 9.29. The first-order valence-corrected chi connectivity index (χ1v) is 14.7. The van der Waals surface area contributed by atoms with E-state index < -0.39 is 17.4 Å². The van der Waals surface area contributed by atoms with Gasteiger partial charge in [-0.05, 0) is 73.4 Å². The predicted octanol–water partition coefficient (Wildman–Crippen LogP) is 5.18. The van der Waals surface area contributed by atoms with E-state index in [2.05, 4.69) is 23.3 Å². The Morgan fingerprint density at radius 3 is 2.61 bits per heavy atom. The zero-order valence-corrected chi connectivity index (χ0v) is 23.6. The largest absolute Gasteiger partial charge is 0.418 e. The zero-order valence-electron chi connectivity index (χ0n) is 23.6. The molecule has 41 heavy (non-hydrogen) atoms. The van der Waals surface area contributed by atoms with E-state index in [9.17, 15) is 23.2 Å². The molecule has 2 aliphatic heterocycles. The van der Waals surface area contributed by atoms with E-state index in [0.717, 1.165) is 55.2 Å². The summed E-state index contributed by atoms with van der Waals surface area (Å²) >= 11 is 0. The third-order valence-electron chi connectivity index (χ3n) is 9.29. The Balaban J connectivity index is 1.40. The van der Waals surface area contributed by atoms with E-state index in [1.165, 1.54) is 16.8 Å². The van der Waals surface area contributed by atoms with Crippen molar-refractivity contribution in [1.29, 1.82) is 5.26 Å². The summed E-state index contributed by atoms with van der Waals surface area (Å²) in [4.78, 5) is 15.8. The summed E-state index contributed by atoms with van der Waals surface area (Å²) in [5.41, 5.74) is 4.01. The second-order valence-corrected chi connectivity index (χ2v) is 12.4. The number of hydrogen-bond acceptors (Lipinski definition) is 5. The molecule has 6 rings (SSSR count). The monoisotopic (exact) mass is 566 g/mol. The van der Waals surface area contributed by atoms with Gasteiger partial charge >= 0.3 is 11.9 Å². The Labute approximate surface area is 238 Å². The van der Waals surface area contributed by atoms with Gasteiger partial charge in [0.25, 0.3) is 0 Å². The number of aromatic nitrogens is 2. The van der Waals surface area contributed by atoms with Crippen molar-refractivity contribution in [3.05, 3.63) is 69.9 Å². The van der Waals surface area contributed by atoms with Gasteiger partial charge in [-0.3, -0.25) is 19.3 Å². The van der Waals surface area contributed by atoms with Gasteiger partial charge in [-0.25, -0.2) is 9.80 Å². The van der Waals surface area contributed by atoms with Gasteiger partial charge in [0.15, 0.2) is 0 Å². The summed E-state index contributed by atoms with van der Waals surface area (Å²) in [5.74, 6) is 0.796. The van der Waals surface area contributed by atoms with Crippen LogP contribution in [-0.2, 0) is 12.7 Å². The molecular weight excluding hydrogens is 529 g/mol. The number of pyridine rings is 1. The molecule has 2 saturated heterocycles. The molecule has 3 aromatic rings. The average Bonchev–Trinajstić information content (AvgIpc) is 3.44. The lowest BCUT2D eigenvalue weighted by Gasteiger charge is -2.38. The lowest BCUT2D eigenvalue weighted by atomic mass is 9.68. The van der Waals surface area contributed by atoms with Gasteiger partial charge in [0.1, 0.15) is 0 Å². The molecule has 0 spiro atoms. The summed E-state index contributed by atoms with van der Waals surface area (Å²) in [5, 5.41) is 11.8. The first-order valence-electron chi connectivity index (χ1n) is 14.7. The fourth-order valence-corrected chi connectivity index (χ4v) is 7.14. The highest BCUT2D eigenvalue weighted by molar-refractivity contribution is 5.58. The highest BCUT2D eigenvalue weighted by atomic mass is 19.4. The topological polar surface area (TPSA) is 68.7 Å². The lowest BCUT2D eigenvalue weighted by Crippen LogP contribution is -2.42. The van der Waals surface area contributed by atoms with E-state index in [0.29, 0.717) is 36.2 Å². The molecule has 1 aliphatic carbocycles. The van der Waals surface area contributed by atoms with Gasteiger partial charge in [0, 0.05) is 51.0 Å². The number of halogens is 3. The van der Waals surface area contributed by atoms with Gasteiger partial charge in [-0.15, -0.1) is 0 Å². The molecule has 0 amide bonds. The quantitative estimate of drug-likeness (QED) is 0.445. The number of hydrazine groups is 1. The predicted molar refractivity (Wildman–Crippen MR) is 150 cm³/mol. The Morgan fingerprint density at radius 2 is 1.93 bits per heavy atom. The molecule has 3 aliphatic rings. The summed E-state index contributed by atoms with van der Waals surface area (Å²) in [6, 6.07) is 11.2. The maximum atomic E-state index is 14.3. The van der Waals surface area contributed by atoms with Crippen LogP contribution < -0.4 is 11.1 Å². The number of nitrogens with zero attached hydrogens (tertiary/aromatic N) is 5. The number of alkyl halides is 3. The molecule has 3 fully saturated rings. The lowest BCUT2D eigenvalue weighted by molar-refractivity contribution is -0.136. The van der Waals surface area contributed by atoms with E-state index in [1.807, 2.05) is 30.3 Å². The first kappa shape index (κ1) is 28.0. The standard InChI is InChI=1S/C31H37F3N6O/c1-20-6-5-11-38(15-20)16-21-12-26(31(32,33)34)27-19-39(30(41)40(27)17-21)25-10-4-9-23(13-25)28(22-7-3-8-22)29-24(14-35)18-37(2)36-29/h4,9-10,12-13,17,19-20,22,24,28-29,36H,3,5-8,11,15-16,18H2,1-2H3/t20-,24?,28+,29?/m0/s1. The van der Waals surface area contributed by atoms with Crippen molar-refractivity contribution in [3.8, 4) is 11.8 Å². The fraction of sp³-hybridized carbons (Fsp3) is 0.548. The number of nitriles is 1. The van der Waals surface area contributed by atoms with Gasteiger partial charge < -0.3 is 0 Å². The van der Waals surface area contributed by atoms with Crippen LogP contribution in [-0.4, -0.2) is 51.6 Å². The molecule has 1 saturated carbocycles. The summed E-state index contributed by atoms with van der Waals surface area (Å²) in [7, 11) is 1.93. The molecule has 10 heteroatoms. The van der Waals surface area contributed by atoms with E-state index >= 15 is 0 Å². The van der Waals surface area contributed by atoms with Crippen LogP contribution in [0.4, 0.5) is 13.2 Å². The third kappa shape index (κ3) is 5.43. The normalized spacial score (nSPS) is 25.3. The molecule has 0 bridgehead atoms. The Bertz CT molecular complexity index is 1520. The molecule has 2 unspecified atom stereocenters. The summed E-state index contributed by atoms with van der Waals surface area (Å²) in [6.45, 7) is 4.84. The van der Waals surface area contributed by atoms with Crippen molar-refractivity contribution in [2.75, 3.05) is 26.7 Å². The maximum Gasteiger partial charge on any atom is 0.418 e. The number of nitrogens with one attached hydrogen (secondary N) is 1. The van der Waals surface area contributed by atoms with E-state index in [1.54, 1.807) is 12.3 Å². The molecule has 4 heterocycles. The van der Waals surface area contributed by atoms with E-state index in [4.69, 9.17) is 0 Å². The minimum absolute atomic E-state index is 0.0627. The zero-order chi connectivity index (χ0) is 28.9. The summed E-state index contributed by atoms with van der Waals surface area (Å²) < 4.78 is 45.3. The molecule has 4 atom stereocenters. The summed E-state index contributed by atoms with van der Waals surface area (Å²) in [6.07, 6.45) is 3.71. The molecular formula is C31H37F3N6O. The molecule has 7 nitrogen and oxygen atoms in total. The number of likely N-dealkylation sites (tertiary alicyclic amines) is 1.